The minimum Gasteiger partial charge on any atom is -0.480 e. The van der Waals surface area contributed by atoms with Crippen LogP contribution in [0.1, 0.15) is 34.1 Å². The Balaban J connectivity index is 4.97. The van der Waals surface area contributed by atoms with Crippen LogP contribution in [-0.2, 0) is 19.2 Å². The Morgan fingerprint density at radius 1 is 0.913 bits per heavy atom. The number of carbonyl (C=O) groups excluding carboxylic acids is 3. The highest BCUT2D eigenvalue weighted by Crippen LogP contribution is 2.07. The molecular weight excluding hydrogens is 304 g/mol. The lowest BCUT2D eigenvalue weighted by atomic mass is 10.00. The number of rotatable bonds is 9. The molecular formula is C14H26N4O5. The van der Waals surface area contributed by atoms with E-state index in [9.17, 15) is 19.2 Å². The number of primary amides is 1. The zero-order valence-electron chi connectivity index (χ0n) is 13.8. The van der Waals surface area contributed by atoms with E-state index in [4.69, 9.17) is 16.6 Å². The fraction of sp³-hybridized carbons (Fsp3) is 0.714. The number of carboxylic acids is 1. The van der Waals surface area contributed by atoms with E-state index in [1.807, 2.05) is 0 Å². The van der Waals surface area contributed by atoms with Gasteiger partial charge in [-0.25, -0.2) is 4.79 Å². The van der Waals surface area contributed by atoms with E-state index < -0.39 is 41.8 Å². The molecule has 3 amide bonds. The fourth-order valence-electron chi connectivity index (χ4n) is 1.86. The van der Waals surface area contributed by atoms with Crippen LogP contribution in [-0.4, -0.2) is 46.9 Å². The largest absolute Gasteiger partial charge is 0.480 e. The lowest BCUT2D eigenvalue weighted by Crippen LogP contribution is -2.57. The van der Waals surface area contributed by atoms with Gasteiger partial charge in [0, 0.05) is 0 Å². The van der Waals surface area contributed by atoms with Gasteiger partial charge >= 0.3 is 5.97 Å². The van der Waals surface area contributed by atoms with Crippen molar-refractivity contribution >= 4 is 23.7 Å². The van der Waals surface area contributed by atoms with Crippen LogP contribution in [0.3, 0.4) is 0 Å². The number of hydrogen-bond acceptors (Lipinski definition) is 5. The number of carbonyl (C=O) groups is 4. The second kappa shape index (κ2) is 9.09. The monoisotopic (exact) mass is 330 g/mol. The maximum atomic E-state index is 12.3. The molecule has 0 rings (SSSR count). The first-order valence-electron chi connectivity index (χ1n) is 7.34. The Hall–Kier alpha value is -2.16. The summed E-state index contributed by atoms with van der Waals surface area (Å²) in [5.74, 6) is -3.84. The minimum absolute atomic E-state index is 0.304. The summed E-state index contributed by atoms with van der Waals surface area (Å²) in [6, 6.07) is -3.20. The van der Waals surface area contributed by atoms with Gasteiger partial charge in [0.15, 0.2) is 0 Å². The lowest BCUT2D eigenvalue weighted by molar-refractivity contribution is -0.143. The number of nitrogens with two attached hydrogens (primary N) is 2. The molecule has 9 nitrogen and oxygen atoms in total. The van der Waals surface area contributed by atoms with Crippen molar-refractivity contribution < 1.29 is 24.3 Å². The van der Waals surface area contributed by atoms with Gasteiger partial charge in [0.25, 0.3) is 0 Å². The van der Waals surface area contributed by atoms with Crippen molar-refractivity contribution in [3.8, 4) is 0 Å². The van der Waals surface area contributed by atoms with Crippen molar-refractivity contribution in [1.29, 1.82) is 0 Å². The molecule has 0 heterocycles. The number of amides is 3. The first kappa shape index (κ1) is 20.8. The molecule has 0 radical (unpaired) electrons. The summed E-state index contributed by atoms with van der Waals surface area (Å²) in [6.45, 7) is 6.69. The highest BCUT2D eigenvalue weighted by atomic mass is 16.4. The molecule has 23 heavy (non-hydrogen) atoms. The Bertz CT molecular complexity index is 464. The maximum Gasteiger partial charge on any atom is 0.326 e. The average molecular weight is 330 g/mol. The van der Waals surface area contributed by atoms with Gasteiger partial charge in [0.2, 0.25) is 17.7 Å². The summed E-state index contributed by atoms with van der Waals surface area (Å²) in [6.07, 6.45) is -0.345. The first-order chi connectivity index (χ1) is 10.5. The standard InChI is InChI=1S/C14H26N4O5/c1-6(2)10(17-12(20)8(15)5-9(16)19)13(21)18-11(7(3)4)14(22)23/h6-8,10-11H,5,15H2,1-4H3,(H2,16,19)(H,17,20)(H,18,21)(H,22,23)/t8-,10-,11-/m0/s1. The van der Waals surface area contributed by atoms with Crippen molar-refractivity contribution in [3.63, 3.8) is 0 Å². The molecule has 0 saturated carbocycles. The summed E-state index contributed by atoms with van der Waals surface area (Å²) >= 11 is 0. The molecule has 9 heteroatoms. The fourth-order valence-corrected chi connectivity index (χ4v) is 1.86. The summed E-state index contributed by atoms with van der Waals surface area (Å²) in [4.78, 5) is 46.1. The van der Waals surface area contributed by atoms with Crippen LogP contribution >= 0.6 is 0 Å². The van der Waals surface area contributed by atoms with E-state index in [2.05, 4.69) is 10.6 Å². The average Bonchev–Trinajstić information content (AvgIpc) is 2.39. The van der Waals surface area contributed by atoms with Gasteiger partial charge in [-0.2, -0.15) is 0 Å². The molecule has 0 aliphatic rings. The third kappa shape index (κ3) is 7.09. The maximum absolute atomic E-state index is 12.3. The Morgan fingerprint density at radius 3 is 1.70 bits per heavy atom. The predicted molar refractivity (Wildman–Crippen MR) is 83.0 cm³/mol. The molecule has 0 aromatic heterocycles. The highest BCUT2D eigenvalue weighted by Gasteiger charge is 2.31. The van der Waals surface area contributed by atoms with E-state index in [0.717, 1.165) is 0 Å². The molecule has 132 valence electrons. The molecule has 0 aliphatic heterocycles. The van der Waals surface area contributed by atoms with Crippen molar-refractivity contribution in [2.75, 3.05) is 0 Å². The third-order valence-electron chi connectivity index (χ3n) is 3.24. The molecule has 0 aliphatic carbocycles. The van der Waals surface area contributed by atoms with Gasteiger partial charge in [-0.3, -0.25) is 14.4 Å². The second-order valence-electron chi connectivity index (χ2n) is 6.08. The second-order valence-corrected chi connectivity index (χ2v) is 6.08. The smallest absolute Gasteiger partial charge is 0.326 e. The van der Waals surface area contributed by atoms with E-state index in [-0.39, 0.29) is 18.3 Å². The number of hydrogen-bond donors (Lipinski definition) is 5. The van der Waals surface area contributed by atoms with E-state index in [0.29, 0.717) is 0 Å². The van der Waals surface area contributed by atoms with Crippen LogP contribution in [0.25, 0.3) is 0 Å². The van der Waals surface area contributed by atoms with Crippen LogP contribution in [0.5, 0.6) is 0 Å². The van der Waals surface area contributed by atoms with Crippen LogP contribution in [0.15, 0.2) is 0 Å². The molecule has 0 fully saturated rings. The minimum atomic E-state index is -1.16. The van der Waals surface area contributed by atoms with E-state index >= 15 is 0 Å². The van der Waals surface area contributed by atoms with Crippen molar-refractivity contribution in [2.45, 2.75) is 52.2 Å². The third-order valence-corrected chi connectivity index (χ3v) is 3.24. The zero-order valence-corrected chi connectivity index (χ0v) is 13.8. The summed E-state index contributed by atoms with van der Waals surface area (Å²) in [5.41, 5.74) is 10.5. The Kier molecular flexibility index (Phi) is 8.23. The Labute approximate surface area is 135 Å². The molecule has 0 aromatic carbocycles. The first-order valence-corrected chi connectivity index (χ1v) is 7.34. The number of nitrogens with one attached hydrogen (secondary N) is 2. The molecule has 0 saturated heterocycles. The number of aliphatic carboxylic acids is 1. The molecule has 0 bridgehead atoms. The summed E-state index contributed by atoms with van der Waals surface area (Å²) in [7, 11) is 0. The van der Waals surface area contributed by atoms with Gasteiger partial charge < -0.3 is 27.2 Å². The predicted octanol–water partition coefficient (Wildman–Crippen LogP) is -1.44. The van der Waals surface area contributed by atoms with Gasteiger partial charge in [-0.05, 0) is 11.8 Å². The van der Waals surface area contributed by atoms with Crippen LogP contribution in [0, 0.1) is 11.8 Å². The summed E-state index contributed by atoms with van der Waals surface area (Å²) in [5, 5.41) is 13.9. The molecule has 7 N–H and O–H groups in total. The van der Waals surface area contributed by atoms with Gasteiger partial charge in [-0.1, -0.05) is 27.7 Å². The quantitative estimate of drug-likeness (QED) is 0.347. The van der Waals surface area contributed by atoms with Gasteiger partial charge in [-0.15, -0.1) is 0 Å². The highest BCUT2D eigenvalue weighted by molar-refractivity contribution is 5.93. The normalized spacial score (nSPS) is 14.9. The van der Waals surface area contributed by atoms with Gasteiger partial charge in [0.05, 0.1) is 12.5 Å². The van der Waals surface area contributed by atoms with Crippen LogP contribution in [0.2, 0.25) is 0 Å². The molecule has 0 aromatic rings. The van der Waals surface area contributed by atoms with Crippen LogP contribution < -0.4 is 22.1 Å². The molecule has 0 unspecified atom stereocenters. The van der Waals surface area contributed by atoms with Crippen molar-refractivity contribution in [1.82, 2.24) is 10.6 Å². The zero-order chi connectivity index (χ0) is 18.3. The van der Waals surface area contributed by atoms with E-state index in [1.165, 1.54) is 0 Å². The van der Waals surface area contributed by atoms with Crippen LogP contribution in [0.4, 0.5) is 0 Å². The van der Waals surface area contributed by atoms with Crippen molar-refractivity contribution in [3.05, 3.63) is 0 Å². The van der Waals surface area contributed by atoms with Gasteiger partial charge in [0.1, 0.15) is 12.1 Å². The van der Waals surface area contributed by atoms with Crippen molar-refractivity contribution in [2.24, 2.45) is 23.3 Å². The molecule has 3 atom stereocenters. The summed E-state index contributed by atoms with van der Waals surface area (Å²) < 4.78 is 0. The number of carboxylic acid groups (broad SMARTS) is 1. The SMILES string of the molecule is CC(C)[C@H](NC(=O)[C@@H](NC(=O)[C@@H](N)CC(N)=O)C(C)C)C(=O)O. The lowest BCUT2D eigenvalue weighted by Gasteiger charge is -2.26. The topological polar surface area (TPSA) is 165 Å². The molecule has 0 spiro atoms. The Morgan fingerprint density at radius 2 is 1.35 bits per heavy atom. The van der Waals surface area contributed by atoms with E-state index in [1.54, 1.807) is 27.7 Å².